The molecule has 2 aromatic rings. The van der Waals surface area contributed by atoms with Crippen LogP contribution in [0.1, 0.15) is 12.0 Å². The van der Waals surface area contributed by atoms with Gasteiger partial charge in [-0.25, -0.2) is 9.18 Å². The van der Waals surface area contributed by atoms with E-state index >= 15 is 0 Å². The Morgan fingerprint density at radius 3 is 2.57 bits per heavy atom. The predicted octanol–water partition coefficient (Wildman–Crippen LogP) is 3.30. The molecule has 1 atom stereocenters. The summed E-state index contributed by atoms with van der Waals surface area (Å²) in [5.74, 6) is 0.0837. The zero-order valence-electron chi connectivity index (χ0n) is 20.0. The molecule has 1 saturated heterocycles. The van der Waals surface area contributed by atoms with Crippen LogP contribution in [0.5, 0.6) is 5.75 Å². The van der Waals surface area contributed by atoms with E-state index in [2.05, 4.69) is 22.2 Å². The Labute approximate surface area is 204 Å². The molecule has 0 aromatic heterocycles. The number of ether oxygens (including phenoxy) is 1. The molecule has 9 heteroatoms. The van der Waals surface area contributed by atoms with Crippen molar-refractivity contribution in [1.82, 2.24) is 9.80 Å². The van der Waals surface area contributed by atoms with Crippen molar-refractivity contribution in [2.75, 3.05) is 61.9 Å². The Kier molecular flexibility index (Phi) is 6.34. The fraction of sp³-hybridized carbons (Fsp3) is 0.385. The van der Waals surface area contributed by atoms with Crippen LogP contribution < -0.4 is 19.9 Å². The number of aryl methyl sites for hydroxylation is 1. The topological polar surface area (TPSA) is 68.4 Å². The van der Waals surface area contributed by atoms with Crippen LogP contribution >= 0.6 is 0 Å². The van der Waals surface area contributed by atoms with Gasteiger partial charge in [0.1, 0.15) is 11.6 Å². The van der Waals surface area contributed by atoms with Gasteiger partial charge >= 0.3 is 6.03 Å². The molecule has 2 aromatic carbocycles. The van der Waals surface area contributed by atoms with Gasteiger partial charge in [-0.3, -0.25) is 9.69 Å². The fourth-order valence-electron chi connectivity index (χ4n) is 4.67. The number of hydrogen-bond acceptors (Lipinski definition) is 5. The quantitative estimate of drug-likeness (QED) is 0.729. The first-order valence-corrected chi connectivity index (χ1v) is 11.9. The minimum atomic E-state index is -0.667. The van der Waals surface area contributed by atoms with Gasteiger partial charge in [0.05, 0.1) is 11.4 Å². The standard InChI is InChI=1S/C26H30FN5O3/c1-29-12-14-31(15-13-29)22-17-19(27)16-18-4-9-23(35-24(18)22)25(33)28-20-5-7-21(8-6-20)32-11-3-10-30(2)26(32)34/h3,5-8,11,16-17,23H,4,9-10,12-15H2,1-2H3,(H,28,33). The molecule has 3 aliphatic heterocycles. The van der Waals surface area contributed by atoms with Crippen molar-refractivity contribution in [3.05, 3.63) is 60.1 Å². The molecular formula is C26H30FN5O3. The number of piperazine rings is 1. The SMILES string of the molecule is CN1CCN(c2cc(F)cc3c2OC(C(=O)Nc2ccc(N4C=CCN(C)C4=O)cc2)CC3)CC1. The van der Waals surface area contributed by atoms with Crippen molar-refractivity contribution in [3.8, 4) is 5.75 Å². The molecule has 0 saturated carbocycles. The second-order valence-corrected chi connectivity index (χ2v) is 9.30. The summed E-state index contributed by atoms with van der Waals surface area (Å²) in [6.45, 7) is 3.92. The molecule has 0 spiro atoms. The molecule has 8 nitrogen and oxygen atoms in total. The van der Waals surface area contributed by atoms with E-state index in [0.717, 1.165) is 43.1 Å². The second-order valence-electron chi connectivity index (χ2n) is 9.30. The zero-order chi connectivity index (χ0) is 24.5. The summed E-state index contributed by atoms with van der Waals surface area (Å²) in [5.41, 5.74) is 2.86. The first-order valence-electron chi connectivity index (χ1n) is 11.9. The lowest BCUT2D eigenvalue weighted by Gasteiger charge is -2.37. The average Bonchev–Trinajstić information content (AvgIpc) is 2.86. The lowest BCUT2D eigenvalue weighted by atomic mass is 9.99. The van der Waals surface area contributed by atoms with E-state index in [0.29, 0.717) is 30.8 Å². The molecule has 0 radical (unpaired) electrons. The number of carbonyl (C=O) groups excluding carboxylic acids is 2. The number of nitrogens with zero attached hydrogens (tertiary/aromatic N) is 4. The number of benzene rings is 2. The van der Waals surface area contributed by atoms with E-state index in [9.17, 15) is 14.0 Å². The highest BCUT2D eigenvalue weighted by molar-refractivity contribution is 5.97. The molecule has 1 unspecified atom stereocenters. The molecule has 5 rings (SSSR count). The Hall–Kier alpha value is -3.59. The smallest absolute Gasteiger partial charge is 0.328 e. The minimum Gasteiger partial charge on any atom is -0.478 e. The molecule has 35 heavy (non-hydrogen) atoms. The van der Waals surface area contributed by atoms with Gasteiger partial charge in [-0.2, -0.15) is 0 Å². The van der Waals surface area contributed by atoms with Gasteiger partial charge in [-0.05, 0) is 61.9 Å². The third-order valence-electron chi connectivity index (χ3n) is 6.76. The van der Waals surface area contributed by atoms with Crippen LogP contribution in [-0.4, -0.2) is 74.7 Å². The highest BCUT2D eigenvalue weighted by Gasteiger charge is 2.31. The third-order valence-corrected chi connectivity index (χ3v) is 6.76. The molecule has 1 fully saturated rings. The van der Waals surface area contributed by atoms with Crippen LogP contribution in [-0.2, 0) is 11.2 Å². The Morgan fingerprint density at radius 1 is 1.09 bits per heavy atom. The average molecular weight is 480 g/mol. The maximum absolute atomic E-state index is 14.3. The molecule has 184 valence electrons. The van der Waals surface area contributed by atoms with Crippen molar-refractivity contribution in [2.24, 2.45) is 0 Å². The van der Waals surface area contributed by atoms with Crippen LogP contribution in [0.4, 0.5) is 26.2 Å². The molecule has 0 aliphatic carbocycles. The number of hydrogen-bond donors (Lipinski definition) is 1. The van der Waals surface area contributed by atoms with E-state index in [1.165, 1.54) is 12.1 Å². The van der Waals surface area contributed by atoms with Gasteiger partial charge < -0.3 is 24.8 Å². The van der Waals surface area contributed by atoms with Crippen LogP contribution in [0.25, 0.3) is 0 Å². The number of carbonyl (C=O) groups is 2. The molecule has 1 N–H and O–H groups in total. The number of amides is 3. The Morgan fingerprint density at radius 2 is 1.83 bits per heavy atom. The number of halogens is 1. The first-order chi connectivity index (χ1) is 16.9. The number of nitrogens with one attached hydrogen (secondary N) is 1. The third kappa shape index (κ3) is 4.81. The molecule has 3 heterocycles. The largest absolute Gasteiger partial charge is 0.478 e. The lowest BCUT2D eigenvalue weighted by molar-refractivity contribution is -0.123. The van der Waals surface area contributed by atoms with Crippen molar-refractivity contribution < 1.29 is 18.7 Å². The summed E-state index contributed by atoms with van der Waals surface area (Å²) < 4.78 is 20.5. The highest BCUT2D eigenvalue weighted by Crippen LogP contribution is 2.39. The van der Waals surface area contributed by atoms with E-state index in [-0.39, 0.29) is 17.8 Å². The summed E-state index contributed by atoms with van der Waals surface area (Å²) >= 11 is 0. The minimum absolute atomic E-state index is 0.105. The monoisotopic (exact) mass is 479 g/mol. The second kappa shape index (κ2) is 9.58. The van der Waals surface area contributed by atoms with Crippen molar-refractivity contribution in [1.29, 1.82) is 0 Å². The van der Waals surface area contributed by atoms with Crippen LogP contribution in [0.2, 0.25) is 0 Å². The Balaban J connectivity index is 1.28. The summed E-state index contributed by atoms with van der Waals surface area (Å²) in [5, 5.41) is 2.92. The molecular weight excluding hydrogens is 449 g/mol. The molecule has 3 aliphatic rings. The first kappa shape index (κ1) is 23.2. The van der Waals surface area contributed by atoms with E-state index in [1.807, 2.05) is 6.08 Å². The maximum atomic E-state index is 14.3. The zero-order valence-corrected chi connectivity index (χ0v) is 20.0. The summed E-state index contributed by atoms with van der Waals surface area (Å²) in [6.07, 6.45) is 4.05. The number of likely N-dealkylation sites (N-methyl/N-ethyl adjacent to an activating group) is 2. The van der Waals surface area contributed by atoms with Gasteiger partial charge in [0.25, 0.3) is 5.91 Å². The number of anilines is 3. The number of fused-ring (bicyclic) bond motifs is 1. The summed E-state index contributed by atoms with van der Waals surface area (Å²) in [7, 11) is 3.82. The number of urea groups is 1. The van der Waals surface area contributed by atoms with Gasteiger partial charge in [-0.15, -0.1) is 0 Å². The van der Waals surface area contributed by atoms with E-state index < -0.39 is 6.10 Å². The van der Waals surface area contributed by atoms with Crippen molar-refractivity contribution in [3.63, 3.8) is 0 Å². The highest BCUT2D eigenvalue weighted by atomic mass is 19.1. The fourth-order valence-corrected chi connectivity index (χ4v) is 4.67. The van der Waals surface area contributed by atoms with Gasteiger partial charge in [0.15, 0.2) is 6.10 Å². The molecule has 0 bridgehead atoms. The summed E-state index contributed by atoms with van der Waals surface area (Å²) in [4.78, 5) is 33.0. The van der Waals surface area contributed by atoms with Gasteiger partial charge in [0.2, 0.25) is 0 Å². The van der Waals surface area contributed by atoms with Crippen LogP contribution in [0.15, 0.2) is 48.7 Å². The van der Waals surface area contributed by atoms with E-state index in [1.54, 1.807) is 47.3 Å². The van der Waals surface area contributed by atoms with Crippen molar-refractivity contribution >= 4 is 29.0 Å². The molecule has 3 amide bonds. The van der Waals surface area contributed by atoms with Gasteiger partial charge in [0, 0.05) is 57.7 Å². The van der Waals surface area contributed by atoms with E-state index in [4.69, 9.17) is 4.74 Å². The summed E-state index contributed by atoms with van der Waals surface area (Å²) in [6, 6.07) is 10.0. The van der Waals surface area contributed by atoms with Crippen molar-refractivity contribution in [2.45, 2.75) is 18.9 Å². The van der Waals surface area contributed by atoms with Crippen LogP contribution in [0, 0.1) is 5.82 Å². The maximum Gasteiger partial charge on any atom is 0.328 e. The van der Waals surface area contributed by atoms with Gasteiger partial charge in [-0.1, -0.05) is 0 Å². The van der Waals surface area contributed by atoms with Crippen LogP contribution in [0.3, 0.4) is 0 Å². The normalized spacial score (nSPS) is 20.5. The Bertz CT molecular complexity index is 1140. The predicted molar refractivity (Wildman–Crippen MR) is 134 cm³/mol. The number of rotatable bonds is 4. The lowest BCUT2D eigenvalue weighted by Crippen LogP contribution is -2.45.